The highest BCUT2D eigenvalue weighted by molar-refractivity contribution is 5.94. The fraction of sp³-hybridized carbons (Fsp3) is 0.562. The van der Waals surface area contributed by atoms with E-state index in [4.69, 9.17) is 5.11 Å². The summed E-state index contributed by atoms with van der Waals surface area (Å²) in [4.78, 5) is 16.6. The number of aliphatic hydroxyl groups is 1. The molecule has 1 saturated heterocycles. The monoisotopic (exact) mass is 294 g/mol. The molecule has 1 amide bonds. The molecular weight excluding hydrogens is 271 g/mol. The van der Waals surface area contributed by atoms with Gasteiger partial charge in [-0.1, -0.05) is 0 Å². The zero-order valence-corrected chi connectivity index (χ0v) is 12.3. The highest BCUT2D eigenvalue weighted by atomic mass is 19.1. The molecule has 2 rings (SSSR count). The second-order valence-electron chi connectivity index (χ2n) is 5.43. The molecule has 1 aliphatic rings. The van der Waals surface area contributed by atoms with Crippen molar-refractivity contribution in [2.75, 3.05) is 39.3 Å². The van der Waals surface area contributed by atoms with Gasteiger partial charge in [-0.25, -0.2) is 4.39 Å². The summed E-state index contributed by atoms with van der Waals surface area (Å²) in [6.45, 7) is 4.50. The van der Waals surface area contributed by atoms with Gasteiger partial charge in [0.05, 0.1) is 0 Å². The van der Waals surface area contributed by atoms with Crippen LogP contribution in [0.15, 0.2) is 24.3 Å². The van der Waals surface area contributed by atoms with Gasteiger partial charge in [-0.2, -0.15) is 0 Å². The normalized spacial score (nSPS) is 16.8. The summed E-state index contributed by atoms with van der Waals surface area (Å²) in [6, 6.07) is 5.74. The molecule has 1 aromatic rings. The zero-order valence-electron chi connectivity index (χ0n) is 12.3. The van der Waals surface area contributed by atoms with Gasteiger partial charge >= 0.3 is 0 Å². The Hall–Kier alpha value is -1.46. The predicted molar refractivity (Wildman–Crippen MR) is 79.7 cm³/mol. The van der Waals surface area contributed by atoms with Gasteiger partial charge in [0.25, 0.3) is 5.91 Å². The third-order valence-corrected chi connectivity index (χ3v) is 3.85. The van der Waals surface area contributed by atoms with Crippen LogP contribution in [0.2, 0.25) is 0 Å². The van der Waals surface area contributed by atoms with E-state index in [0.717, 1.165) is 45.4 Å². The molecule has 0 aliphatic carbocycles. The van der Waals surface area contributed by atoms with Crippen molar-refractivity contribution in [2.24, 2.45) is 0 Å². The third-order valence-electron chi connectivity index (χ3n) is 3.85. The molecule has 0 spiro atoms. The van der Waals surface area contributed by atoms with Crippen LogP contribution in [0.4, 0.5) is 4.39 Å². The molecule has 0 atom stereocenters. The summed E-state index contributed by atoms with van der Waals surface area (Å²) in [7, 11) is 0. The third kappa shape index (κ3) is 4.79. The van der Waals surface area contributed by atoms with Crippen LogP contribution in [0.5, 0.6) is 0 Å². The van der Waals surface area contributed by atoms with Crippen LogP contribution in [-0.2, 0) is 0 Å². The molecule has 0 unspecified atom stereocenters. The minimum absolute atomic E-state index is 0.0211. The molecule has 0 bridgehead atoms. The molecule has 0 aromatic heterocycles. The maximum absolute atomic E-state index is 12.9. The Bertz CT molecular complexity index is 450. The van der Waals surface area contributed by atoms with Crippen LogP contribution in [0.1, 0.15) is 29.6 Å². The molecule has 1 heterocycles. The van der Waals surface area contributed by atoms with E-state index in [1.54, 1.807) is 12.1 Å². The number of nitrogens with zero attached hydrogens (tertiary/aromatic N) is 2. The van der Waals surface area contributed by atoms with Crippen molar-refractivity contribution in [1.29, 1.82) is 0 Å². The van der Waals surface area contributed by atoms with Gasteiger partial charge in [0.15, 0.2) is 0 Å². The summed E-state index contributed by atoms with van der Waals surface area (Å²) in [5.41, 5.74) is 0.546. The number of rotatable bonds is 5. The van der Waals surface area contributed by atoms with Gasteiger partial charge in [0.1, 0.15) is 5.82 Å². The predicted octanol–water partition coefficient (Wildman–Crippen LogP) is 1.75. The van der Waals surface area contributed by atoms with Gasteiger partial charge in [-0.05, 0) is 56.6 Å². The van der Waals surface area contributed by atoms with Gasteiger partial charge in [-0.3, -0.25) is 4.79 Å². The molecular formula is C16H23FN2O2. The van der Waals surface area contributed by atoms with Gasteiger partial charge < -0.3 is 14.9 Å². The number of hydrogen-bond acceptors (Lipinski definition) is 3. The number of carbonyl (C=O) groups is 1. The average molecular weight is 294 g/mol. The first-order chi connectivity index (χ1) is 10.2. The van der Waals surface area contributed by atoms with E-state index in [2.05, 4.69) is 4.90 Å². The molecule has 1 fully saturated rings. The first-order valence-corrected chi connectivity index (χ1v) is 7.59. The van der Waals surface area contributed by atoms with Crippen molar-refractivity contribution in [3.05, 3.63) is 35.6 Å². The first kappa shape index (κ1) is 15.9. The Kier molecular flexibility index (Phi) is 6.14. The maximum atomic E-state index is 12.9. The molecule has 0 radical (unpaired) electrons. The molecule has 0 saturated carbocycles. The number of unbranched alkanes of at least 4 members (excludes halogenated alkanes) is 1. The average Bonchev–Trinajstić information content (AvgIpc) is 2.73. The highest BCUT2D eigenvalue weighted by Gasteiger charge is 2.19. The standard InChI is InChI=1S/C16H23FN2O2/c17-15-6-4-14(5-7-15)16(21)19-10-3-9-18(11-12-19)8-1-2-13-20/h4-7,20H,1-3,8-13H2. The minimum Gasteiger partial charge on any atom is -0.396 e. The number of hydrogen-bond donors (Lipinski definition) is 1. The van der Waals surface area contributed by atoms with E-state index >= 15 is 0 Å². The van der Waals surface area contributed by atoms with Crippen LogP contribution in [0.3, 0.4) is 0 Å². The lowest BCUT2D eigenvalue weighted by atomic mass is 10.2. The van der Waals surface area contributed by atoms with Gasteiger partial charge in [0.2, 0.25) is 0 Å². The fourth-order valence-corrected chi connectivity index (χ4v) is 2.62. The van der Waals surface area contributed by atoms with Crippen LogP contribution in [0.25, 0.3) is 0 Å². The number of aliphatic hydroxyl groups excluding tert-OH is 1. The van der Waals surface area contributed by atoms with Crippen LogP contribution in [-0.4, -0.2) is 60.1 Å². The summed E-state index contributed by atoms with van der Waals surface area (Å²) >= 11 is 0. The maximum Gasteiger partial charge on any atom is 0.253 e. The quantitative estimate of drug-likeness (QED) is 0.841. The molecule has 1 N–H and O–H groups in total. The van der Waals surface area contributed by atoms with E-state index in [0.29, 0.717) is 12.1 Å². The van der Waals surface area contributed by atoms with Crippen molar-refractivity contribution in [2.45, 2.75) is 19.3 Å². The number of carbonyl (C=O) groups excluding carboxylic acids is 1. The van der Waals surface area contributed by atoms with Gasteiger partial charge in [-0.15, -0.1) is 0 Å². The Morgan fingerprint density at radius 3 is 2.57 bits per heavy atom. The molecule has 1 aromatic carbocycles. The highest BCUT2D eigenvalue weighted by Crippen LogP contribution is 2.11. The Morgan fingerprint density at radius 2 is 1.86 bits per heavy atom. The van der Waals surface area contributed by atoms with E-state index in [1.165, 1.54) is 12.1 Å². The van der Waals surface area contributed by atoms with Crippen molar-refractivity contribution in [1.82, 2.24) is 9.80 Å². The molecule has 5 heteroatoms. The van der Waals surface area contributed by atoms with Crippen molar-refractivity contribution < 1.29 is 14.3 Å². The first-order valence-electron chi connectivity index (χ1n) is 7.59. The molecule has 1 aliphatic heterocycles. The number of halogens is 1. The summed E-state index contributed by atoms with van der Waals surface area (Å²) in [5, 5.41) is 8.81. The van der Waals surface area contributed by atoms with Crippen LogP contribution in [0, 0.1) is 5.82 Å². The molecule has 21 heavy (non-hydrogen) atoms. The largest absolute Gasteiger partial charge is 0.396 e. The second-order valence-corrected chi connectivity index (χ2v) is 5.43. The second kappa shape index (κ2) is 8.10. The fourth-order valence-electron chi connectivity index (χ4n) is 2.62. The number of amides is 1. The van der Waals surface area contributed by atoms with E-state index < -0.39 is 0 Å². The van der Waals surface area contributed by atoms with E-state index in [1.807, 2.05) is 4.90 Å². The van der Waals surface area contributed by atoms with E-state index in [-0.39, 0.29) is 18.3 Å². The van der Waals surface area contributed by atoms with Gasteiger partial charge in [0, 0.05) is 31.8 Å². The Labute approximate surface area is 125 Å². The summed E-state index contributed by atoms with van der Waals surface area (Å²) in [5.74, 6) is -0.343. The topological polar surface area (TPSA) is 43.8 Å². The lowest BCUT2D eigenvalue weighted by Gasteiger charge is -2.22. The lowest BCUT2D eigenvalue weighted by molar-refractivity contribution is 0.0761. The molecule has 4 nitrogen and oxygen atoms in total. The Balaban J connectivity index is 1.87. The van der Waals surface area contributed by atoms with Crippen LogP contribution >= 0.6 is 0 Å². The van der Waals surface area contributed by atoms with Crippen molar-refractivity contribution in [3.63, 3.8) is 0 Å². The smallest absolute Gasteiger partial charge is 0.253 e. The minimum atomic E-state index is -0.322. The van der Waals surface area contributed by atoms with Crippen molar-refractivity contribution >= 4 is 5.91 Å². The van der Waals surface area contributed by atoms with E-state index in [9.17, 15) is 9.18 Å². The summed E-state index contributed by atoms with van der Waals surface area (Å²) < 4.78 is 12.9. The van der Waals surface area contributed by atoms with Crippen LogP contribution < -0.4 is 0 Å². The summed E-state index contributed by atoms with van der Waals surface area (Å²) in [6.07, 6.45) is 2.77. The Morgan fingerprint density at radius 1 is 1.10 bits per heavy atom. The lowest BCUT2D eigenvalue weighted by Crippen LogP contribution is -2.35. The van der Waals surface area contributed by atoms with Crippen molar-refractivity contribution in [3.8, 4) is 0 Å². The SMILES string of the molecule is O=C(c1ccc(F)cc1)N1CCCN(CCCCO)CC1. The molecule has 116 valence electrons. The number of benzene rings is 1. The zero-order chi connectivity index (χ0) is 15.1.